The van der Waals surface area contributed by atoms with E-state index in [9.17, 15) is 18.0 Å². The Bertz CT molecular complexity index is 1020. The highest BCUT2D eigenvalue weighted by atomic mass is 19.4. The van der Waals surface area contributed by atoms with Crippen LogP contribution in [0.15, 0.2) is 78.1 Å². The van der Waals surface area contributed by atoms with Gasteiger partial charge in [-0.3, -0.25) is 4.79 Å². The van der Waals surface area contributed by atoms with Crippen molar-refractivity contribution in [3.8, 4) is 0 Å². The summed E-state index contributed by atoms with van der Waals surface area (Å²) in [5.41, 5.74) is 2.63. The van der Waals surface area contributed by atoms with Crippen LogP contribution in [0.3, 0.4) is 0 Å². The van der Waals surface area contributed by atoms with Gasteiger partial charge in [0.25, 0.3) is 0 Å². The highest BCUT2D eigenvalue weighted by Gasteiger charge is 2.34. The molecule has 0 heterocycles. The molecule has 1 aliphatic rings. The standard InChI is InChI=1S/C29H34F3NO2/c1-21(2)19-22-9-11-23(12-10-22)20-28(34)33(3)18-17-27(24-7-5-4-6-8-24)35-26-15-13-25(14-16-26)29(30,31)32/h4-13,15,21,27H,14,16-20H2,1-3H3/t27-/m1/s1. The second-order valence-electron chi connectivity index (χ2n) is 9.54. The van der Waals surface area contributed by atoms with Crippen molar-refractivity contribution in [2.24, 2.45) is 5.92 Å². The fourth-order valence-electron chi connectivity index (χ4n) is 4.11. The van der Waals surface area contributed by atoms with Crippen molar-refractivity contribution >= 4 is 5.91 Å². The predicted molar refractivity (Wildman–Crippen MR) is 133 cm³/mol. The molecule has 35 heavy (non-hydrogen) atoms. The fourth-order valence-corrected chi connectivity index (χ4v) is 4.11. The molecular weight excluding hydrogens is 451 g/mol. The summed E-state index contributed by atoms with van der Waals surface area (Å²) >= 11 is 0. The molecule has 0 spiro atoms. The highest BCUT2D eigenvalue weighted by Crippen LogP contribution is 2.35. The van der Waals surface area contributed by atoms with Crippen LogP contribution in [-0.2, 0) is 22.4 Å². The van der Waals surface area contributed by atoms with E-state index in [4.69, 9.17) is 4.74 Å². The average molecular weight is 486 g/mol. The zero-order valence-electron chi connectivity index (χ0n) is 20.6. The first kappa shape index (κ1) is 26.6. The normalized spacial score (nSPS) is 14.8. The Kier molecular flexibility index (Phi) is 9.19. The van der Waals surface area contributed by atoms with Gasteiger partial charge in [-0.15, -0.1) is 0 Å². The van der Waals surface area contributed by atoms with Gasteiger partial charge in [0.2, 0.25) is 5.91 Å². The van der Waals surface area contributed by atoms with Crippen LogP contribution in [0.1, 0.15) is 55.9 Å². The van der Waals surface area contributed by atoms with Gasteiger partial charge in [-0.05, 0) is 41.5 Å². The molecule has 0 bridgehead atoms. The molecule has 2 aromatic carbocycles. The molecule has 0 N–H and O–H groups in total. The van der Waals surface area contributed by atoms with Gasteiger partial charge in [0, 0.05) is 32.0 Å². The lowest BCUT2D eigenvalue weighted by Gasteiger charge is -2.26. The third kappa shape index (κ3) is 8.30. The number of nitrogens with zero attached hydrogens (tertiary/aromatic N) is 1. The van der Waals surface area contributed by atoms with E-state index in [2.05, 4.69) is 26.0 Å². The number of hydrogen-bond acceptors (Lipinski definition) is 2. The quantitative estimate of drug-likeness (QED) is 0.356. The predicted octanol–water partition coefficient (Wildman–Crippen LogP) is 7.20. The highest BCUT2D eigenvalue weighted by molar-refractivity contribution is 5.78. The lowest BCUT2D eigenvalue weighted by Crippen LogP contribution is -2.30. The Morgan fingerprint density at radius 3 is 2.20 bits per heavy atom. The molecular formula is C29H34F3NO2. The van der Waals surface area contributed by atoms with Gasteiger partial charge < -0.3 is 9.64 Å². The lowest BCUT2D eigenvalue weighted by atomic mass is 10.0. The van der Waals surface area contributed by atoms with E-state index in [1.165, 1.54) is 11.6 Å². The second kappa shape index (κ2) is 12.1. The Labute approximate surface area is 206 Å². The molecule has 0 fully saturated rings. The minimum Gasteiger partial charge on any atom is -0.490 e. The van der Waals surface area contributed by atoms with Gasteiger partial charge >= 0.3 is 6.18 Å². The number of halogens is 3. The third-order valence-electron chi connectivity index (χ3n) is 6.11. The van der Waals surface area contributed by atoms with Crippen molar-refractivity contribution in [1.29, 1.82) is 0 Å². The van der Waals surface area contributed by atoms with Gasteiger partial charge in [0.1, 0.15) is 6.10 Å². The summed E-state index contributed by atoms with van der Waals surface area (Å²) in [4.78, 5) is 14.5. The van der Waals surface area contributed by atoms with E-state index >= 15 is 0 Å². The lowest BCUT2D eigenvalue weighted by molar-refractivity contribution is -0.129. The van der Waals surface area contributed by atoms with Crippen LogP contribution in [0.25, 0.3) is 0 Å². The van der Waals surface area contributed by atoms with E-state index in [1.807, 2.05) is 42.5 Å². The molecule has 6 heteroatoms. The minimum atomic E-state index is -4.31. The van der Waals surface area contributed by atoms with Crippen molar-refractivity contribution < 1.29 is 22.7 Å². The summed E-state index contributed by atoms with van der Waals surface area (Å²) in [7, 11) is 1.77. The molecule has 1 aliphatic carbocycles. The van der Waals surface area contributed by atoms with Crippen LogP contribution in [-0.4, -0.2) is 30.6 Å². The van der Waals surface area contributed by atoms with Gasteiger partial charge in [0.05, 0.1) is 12.2 Å². The largest absolute Gasteiger partial charge is 0.490 e. The molecule has 3 nitrogen and oxygen atoms in total. The Morgan fingerprint density at radius 2 is 1.63 bits per heavy atom. The first-order valence-corrected chi connectivity index (χ1v) is 12.1. The maximum Gasteiger partial charge on any atom is 0.412 e. The van der Waals surface area contributed by atoms with Crippen LogP contribution in [0.5, 0.6) is 0 Å². The maximum absolute atomic E-state index is 12.9. The van der Waals surface area contributed by atoms with Crippen LogP contribution < -0.4 is 0 Å². The Balaban J connectivity index is 1.60. The number of hydrogen-bond donors (Lipinski definition) is 0. The van der Waals surface area contributed by atoms with E-state index < -0.39 is 11.7 Å². The number of carbonyl (C=O) groups is 1. The Morgan fingerprint density at radius 1 is 0.971 bits per heavy atom. The topological polar surface area (TPSA) is 29.5 Å². The summed E-state index contributed by atoms with van der Waals surface area (Å²) in [6, 6.07) is 17.8. The molecule has 0 aromatic heterocycles. The zero-order chi connectivity index (χ0) is 25.4. The summed E-state index contributed by atoms with van der Waals surface area (Å²) in [6.45, 7) is 4.83. The van der Waals surface area contributed by atoms with Crippen molar-refractivity contribution in [2.45, 2.75) is 58.2 Å². The van der Waals surface area contributed by atoms with E-state index in [0.717, 1.165) is 23.6 Å². The molecule has 2 aromatic rings. The number of rotatable bonds is 10. The van der Waals surface area contributed by atoms with E-state index in [0.29, 0.717) is 31.1 Å². The summed E-state index contributed by atoms with van der Waals surface area (Å²) in [6.07, 6.45) is -0.158. The number of alkyl halides is 3. The summed E-state index contributed by atoms with van der Waals surface area (Å²) in [5, 5.41) is 0. The summed E-state index contributed by atoms with van der Waals surface area (Å²) in [5.74, 6) is 1.13. The number of benzene rings is 2. The van der Waals surface area contributed by atoms with Crippen LogP contribution >= 0.6 is 0 Å². The molecule has 0 aliphatic heterocycles. The van der Waals surface area contributed by atoms with Gasteiger partial charge in [0.15, 0.2) is 0 Å². The van der Waals surface area contributed by atoms with Gasteiger partial charge in [-0.2, -0.15) is 13.2 Å². The first-order valence-electron chi connectivity index (χ1n) is 12.1. The average Bonchev–Trinajstić information content (AvgIpc) is 2.82. The second-order valence-corrected chi connectivity index (χ2v) is 9.54. The number of carbonyl (C=O) groups excluding carboxylic acids is 1. The van der Waals surface area contributed by atoms with E-state index in [-0.39, 0.29) is 24.9 Å². The molecule has 1 atom stereocenters. The third-order valence-corrected chi connectivity index (χ3v) is 6.11. The zero-order valence-corrected chi connectivity index (χ0v) is 20.6. The maximum atomic E-state index is 12.9. The molecule has 0 saturated heterocycles. The van der Waals surface area contributed by atoms with Crippen LogP contribution in [0.4, 0.5) is 13.2 Å². The molecule has 0 unspecified atom stereocenters. The van der Waals surface area contributed by atoms with Gasteiger partial charge in [-0.25, -0.2) is 0 Å². The van der Waals surface area contributed by atoms with Crippen molar-refractivity contribution in [1.82, 2.24) is 4.90 Å². The SMILES string of the molecule is CC(C)Cc1ccc(CC(=O)N(C)CC[C@@H](OC2=CC=C(C(F)(F)F)CC2)c2ccccc2)cc1. The molecule has 0 saturated carbocycles. The van der Waals surface area contributed by atoms with Gasteiger partial charge in [-0.1, -0.05) is 74.5 Å². The smallest absolute Gasteiger partial charge is 0.412 e. The first-order chi connectivity index (χ1) is 16.6. The number of amides is 1. The molecule has 3 rings (SSSR count). The van der Waals surface area contributed by atoms with Crippen molar-refractivity contribution in [2.75, 3.05) is 13.6 Å². The monoisotopic (exact) mass is 485 g/mol. The van der Waals surface area contributed by atoms with Crippen LogP contribution in [0.2, 0.25) is 0 Å². The Hall–Kier alpha value is -3.02. The summed E-state index contributed by atoms with van der Waals surface area (Å²) < 4.78 is 44.9. The van der Waals surface area contributed by atoms with Crippen molar-refractivity contribution in [3.05, 3.63) is 94.8 Å². The number of allylic oxidation sites excluding steroid dienone is 4. The fraction of sp³-hybridized carbons (Fsp3) is 0.414. The van der Waals surface area contributed by atoms with Crippen LogP contribution in [0, 0.1) is 5.92 Å². The number of likely N-dealkylation sites (N-methyl/N-ethyl adjacent to an activating group) is 1. The number of ether oxygens (including phenoxy) is 1. The molecule has 188 valence electrons. The molecule has 1 amide bonds. The van der Waals surface area contributed by atoms with Crippen molar-refractivity contribution in [3.63, 3.8) is 0 Å². The minimum absolute atomic E-state index is 0.0167. The molecule has 0 radical (unpaired) electrons. The van der Waals surface area contributed by atoms with E-state index in [1.54, 1.807) is 11.9 Å².